The number of amides is 1. The van der Waals surface area contributed by atoms with Crippen LogP contribution < -0.4 is 5.32 Å². The van der Waals surface area contributed by atoms with E-state index in [9.17, 15) is 9.90 Å². The molecule has 0 fully saturated rings. The number of nitrogens with one attached hydrogen (secondary N) is 1. The lowest BCUT2D eigenvalue weighted by atomic mass is 10.0. The molecule has 0 radical (unpaired) electrons. The van der Waals surface area contributed by atoms with E-state index < -0.39 is 6.10 Å². The Morgan fingerprint density at radius 3 is 1.33 bits per heavy atom. The van der Waals surface area contributed by atoms with Crippen molar-refractivity contribution >= 4 is 5.91 Å². The van der Waals surface area contributed by atoms with Crippen molar-refractivity contribution in [2.45, 2.75) is 206 Å². The number of carbonyl (C=O) groups excluding carboxylic acids is 1. The van der Waals surface area contributed by atoms with Gasteiger partial charge in [-0.1, -0.05) is 180 Å². The summed E-state index contributed by atoms with van der Waals surface area (Å²) >= 11 is 0. The lowest BCUT2D eigenvalue weighted by molar-refractivity contribution is -0.121. The number of hydrogen-bond acceptors (Lipinski definition) is 2. The van der Waals surface area contributed by atoms with Crippen LogP contribution in [-0.2, 0) is 4.79 Å². The Kier molecular flexibility index (Phi) is 32.7. The summed E-state index contributed by atoms with van der Waals surface area (Å²) in [4.78, 5) is 12.0. The van der Waals surface area contributed by atoms with E-state index in [1.54, 1.807) is 0 Å². The number of rotatable bonds is 32. The van der Waals surface area contributed by atoms with Gasteiger partial charge in [-0.2, -0.15) is 0 Å². The van der Waals surface area contributed by atoms with Crippen LogP contribution in [-0.4, -0.2) is 23.7 Å². The lowest BCUT2D eigenvalue weighted by Gasteiger charge is -2.08. The second kappa shape index (κ2) is 33.4. The fraction of sp³-hybridized carbons (Fsp3) is 0.917. The summed E-state index contributed by atoms with van der Waals surface area (Å²) in [5, 5.41) is 13.1. The first kappa shape index (κ1) is 38.2. The maximum absolute atomic E-state index is 12.0. The van der Waals surface area contributed by atoms with E-state index in [1.165, 1.54) is 154 Å². The summed E-state index contributed by atoms with van der Waals surface area (Å²) < 4.78 is 0. The van der Waals surface area contributed by atoms with Gasteiger partial charge in [-0.3, -0.25) is 4.79 Å². The van der Waals surface area contributed by atoms with Crippen molar-refractivity contribution < 1.29 is 9.90 Å². The highest BCUT2D eigenvalue weighted by molar-refractivity contribution is 5.75. The van der Waals surface area contributed by atoms with E-state index in [0.29, 0.717) is 19.4 Å². The second-order valence-electron chi connectivity index (χ2n) is 12.2. The number of allylic oxidation sites excluding steroid dienone is 1. The lowest BCUT2D eigenvalue weighted by Crippen LogP contribution is -2.26. The minimum atomic E-state index is -0.441. The van der Waals surface area contributed by atoms with Gasteiger partial charge in [-0.15, -0.1) is 0 Å². The van der Waals surface area contributed by atoms with Gasteiger partial charge in [0.1, 0.15) is 0 Å². The molecule has 1 unspecified atom stereocenters. The van der Waals surface area contributed by atoms with Gasteiger partial charge in [-0.05, 0) is 25.7 Å². The zero-order valence-electron chi connectivity index (χ0n) is 26.8. The highest BCUT2D eigenvalue weighted by atomic mass is 16.3. The molecule has 0 saturated heterocycles. The van der Waals surface area contributed by atoms with Gasteiger partial charge in [0.2, 0.25) is 5.91 Å². The molecule has 0 aliphatic heterocycles. The maximum Gasteiger partial charge on any atom is 0.219 e. The molecule has 3 heteroatoms. The van der Waals surface area contributed by atoms with E-state index in [1.807, 2.05) is 6.08 Å². The maximum atomic E-state index is 12.0. The molecule has 39 heavy (non-hydrogen) atoms. The Hall–Kier alpha value is -0.830. The predicted octanol–water partition coefficient (Wildman–Crippen LogP) is 11.4. The molecule has 0 bridgehead atoms. The van der Waals surface area contributed by atoms with Gasteiger partial charge >= 0.3 is 0 Å². The van der Waals surface area contributed by atoms with Gasteiger partial charge in [0.05, 0.1) is 6.10 Å². The molecule has 0 aromatic rings. The number of unbranched alkanes of at least 4 members (excludes halogenated alkanes) is 25. The summed E-state index contributed by atoms with van der Waals surface area (Å²) in [6.45, 7) is 5.13. The first-order valence-electron chi connectivity index (χ1n) is 17.8. The summed E-state index contributed by atoms with van der Waals surface area (Å²) in [6.07, 6.45) is 41.1. The fourth-order valence-corrected chi connectivity index (χ4v) is 5.38. The molecule has 1 amide bonds. The van der Waals surface area contributed by atoms with Crippen molar-refractivity contribution in [3.8, 4) is 0 Å². The van der Waals surface area contributed by atoms with Crippen molar-refractivity contribution in [1.29, 1.82) is 0 Å². The Morgan fingerprint density at radius 1 is 0.564 bits per heavy atom. The largest absolute Gasteiger partial charge is 0.389 e. The minimum Gasteiger partial charge on any atom is -0.389 e. The molecule has 0 aliphatic carbocycles. The van der Waals surface area contributed by atoms with Gasteiger partial charge in [0.25, 0.3) is 0 Å². The molecule has 0 aliphatic rings. The van der Waals surface area contributed by atoms with E-state index in [4.69, 9.17) is 0 Å². The van der Waals surface area contributed by atoms with Crippen LogP contribution in [0.3, 0.4) is 0 Å². The highest BCUT2D eigenvalue weighted by Crippen LogP contribution is 2.14. The zero-order valence-corrected chi connectivity index (χ0v) is 26.8. The number of aliphatic hydroxyl groups excluding tert-OH is 1. The topological polar surface area (TPSA) is 49.3 Å². The van der Waals surface area contributed by atoms with Gasteiger partial charge in [-0.25, -0.2) is 0 Å². The predicted molar refractivity (Wildman–Crippen MR) is 173 cm³/mol. The molecule has 232 valence electrons. The molecule has 1 atom stereocenters. The molecule has 2 N–H and O–H groups in total. The SMILES string of the molecule is CCCCCCCCCCCCCC=CC(O)CCNC(=O)CCCCCCCCCCCCCCCCC. The van der Waals surface area contributed by atoms with Gasteiger partial charge in [0, 0.05) is 13.0 Å². The van der Waals surface area contributed by atoms with E-state index >= 15 is 0 Å². The van der Waals surface area contributed by atoms with E-state index in [2.05, 4.69) is 25.2 Å². The standard InChI is InChI=1S/C36H71NO2/c1-3-5-7-9-11-13-15-17-18-20-22-24-26-28-30-32-36(39)37-34-33-35(38)31-29-27-25-23-21-19-16-14-12-10-8-6-4-2/h29,31,35,38H,3-28,30,32-34H2,1-2H3,(H,37,39). The van der Waals surface area contributed by atoms with Crippen molar-refractivity contribution in [1.82, 2.24) is 5.32 Å². The molecule has 0 heterocycles. The van der Waals surface area contributed by atoms with Crippen LogP contribution in [0.4, 0.5) is 0 Å². The van der Waals surface area contributed by atoms with Crippen molar-refractivity contribution in [3.63, 3.8) is 0 Å². The average molecular weight is 550 g/mol. The minimum absolute atomic E-state index is 0.141. The quantitative estimate of drug-likeness (QED) is 0.0647. The van der Waals surface area contributed by atoms with Crippen LogP contribution in [0.5, 0.6) is 0 Å². The molecule has 0 rings (SSSR count). The Labute approximate surface area is 245 Å². The van der Waals surface area contributed by atoms with Gasteiger partial charge < -0.3 is 10.4 Å². The normalized spacial score (nSPS) is 12.4. The summed E-state index contributed by atoms with van der Waals surface area (Å²) in [7, 11) is 0. The number of hydrogen-bond donors (Lipinski definition) is 2. The Morgan fingerprint density at radius 2 is 0.923 bits per heavy atom. The molecular formula is C36H71NO2. The highest BCUT2D eigenvalue weighted by Gasteiger charge is 2.03. The third-order valence-corrected chi connectivity index (χ3v) is 8.10. The molecule has 0 aromatic heterocycles. The molecule has 0 saturated carbocycles. The molecule has 0 aromatic carbocycles. The molecule has 3 nitrogen and oxygen atoms in total. The molecular weight excluding hydrogens is 478 g/mol. The monoisotopic (exact) mass is 550 g/mol. The van der Waals surface area contributed by atoms with Crippen LogP contribution in [0.25, 0.3) is 0 Å². The first-order valence-corrected chi connectivity index (χ1v) is 17.8. The van der Waals surface area contributed by atoms with Crippen LogP contribution in [0, 0.1) is 0 Å². The molecule has 0 spiro atoms. The number of carbonyl (C=O) groups is 1. The number of aliphatic hydroxyl groups is 1. The average Bonchev–Trinajstić information content (AvgIpc) is 2.93. The Bertz CT molecular complexity index is 504. The fourth-order valence-electron chi connectivity index (χ4n) is 5.38. The summed E-state index contributed by atoms with van der Waals surface area (Å²) in [6, 6.07) is 0. The van der Waals surface area contributed by atoms with Gasteiger partial charge in [0.15, 0.2) is 0 Å². The third kappa shape index (κ3) is 33.3. The van der Waals surface area contributed by atoms with Crippen LogP contribution in [0.15, 0.2) is 12.2 Å². The van der Waals surface area contributed by atoms with E-state index in [0.717, 1.165) is 19.3 Å². The van der Waals surface area contributed by atoms with Crippen LogP contribution in [0.1, 0.15) is 200 Å². The van der Waals surface area contributed by atoms with Crippen molar-refractivity contribution in [2.24, 2.45) is 0 Å². The third-order valence-electron chi connectivity index (χ3n) is 8.10. The smallest absolute Gasteiger partial charge is 0.219 e. The van der Waals surface area contributed by atoms with Crippen LogP contribution >= 0.6 is 0 Å². The first-order chi connectivity index (χ1) is 19.2. The summed E-state index contributed by atoms with van der Waals surface area (Å²) in [5.74, 6) is 0.141. The van der Waals surface area contributed by atoms with Crippen molar-refractivity contribution in [2.75, 3.05) is 6.54 Å². The van der Waals surface area contributed by atoms with Crippen LogP contribution in [0.2, 0.25) is 0 Å². The zero-order chi connectivity index (χ0) is 28.5. The Balaban J connectivity index is 3.33. The summed E-state index contributed by atoms with van der Waals surface area (Å²) in [5.41, 5.74) is 0. The van der Waals surface area contributed by atoms with E-state index in [-0.39, 0.29) is 5.91 Å². The van der Waals surface area contributed by atoms with Crippen molar-refractivity contribution in [3.05, 3.63) is 12.2 Å². The second-order valence-corrected chi connectivity index (χ2v) is 12.2.